The number of fused-ring (bicyclic) bond motifs is 1. The fourth-order valence-electron chi connectivity index (χ4n) is 0.825. The molecular weight excluding hydrogens is 144 g/mol. The van der Waals surface area contributed by atoms with Crippen molar-refractivity contribution in [2.45, 2.75) is 6.92 Å². The molecule has 2 heterocycles. The normalized spacial score (nSPS) is 10.6. The van der Waals surface area contributed by atoms with Crippen molar-refractivity contribution in [2.24, 2.45) is 0 Å². The van der Waals surface area contributed by atoms with Gasteiger partial charge in [-0.15, -0.1) is 0 Å². The summed E-state index contributed by atoms with van der Waals surface area (Å²) < 4.78 is 4.92. The van der Waals surface area contributed by atoms with Gasteiger partial charge in [0, 0.05) is 0 Å². The van der Waals surface area contributed by atoms with E-state index in [4.69, 9.17) is 10.2 Å². The summed E-state index contributed by atoms with van der Waals surface area (Å²) in [5.41, 5.74) is 6.92. The summed E-state index contributed by atoms with van der Waals surface area (Å²) in [5.74, 6) is 0. The summed E-state index contributed by atoms with van der Waals surface area (Å²) in [6, 6.07) is 0.102. The molecule has 2 aromatic rings. The molecule has 0 aliphatic heterocycles. The summed E-state index contributed by atoms with van der Waals surface area (Å²) in [5, 5.41) is 0. The van der Waals surface area contributed by atoms with Gasteiger partial charge in [-0.3, -0.25) is 0 Å². The molecule has 0 atom stereocenters. The fraction of sp³-hybridized carbons (Fsp3) is 0.167. The smallest absolute Gasteiger partial charge is 0.295 e. The quantitative estimate of drug-likeness (QED) is 0.591. The lowest BCUT2D eigenvalue weighted by Crippen LogP contribution is -1.84. The lowest BCUT2D eigenvalue weighted by Gasteiger charge is -1.85. The van der Waals surface area contributed by atoms with Crippen molar-refractivity contribution in [1.82, 2.24) is 15.0 Å². The summed E-state index contributed by atoms with van der Waals surface area (Å²) >= 11 is 0. The largest absolute Gasteiger partial charge is 0.403 e. The van der Waals surface area contributed by atoms with Crippen molar-refractivity contribution < 1.29 is 4.42 Å². The Balaban J connectivity index is 2.82. The first-order valence-electron chi connectivity index (χ1n) is 3.11. The number of rotatable bonds is 0. The Morgan fingerprint density at radius 1 is 1.45 bits per heavy atom. The maximum absolute atomic E-state index is 5.28. The van der Waals surface area contributed by atoms with E-state index in [1.165, 1.54) is 0 Å². The standard InChI is InChI=1S/C6H6N4O/c1-3-2-8-5-4(9-3)10-6(7)11-5/h2H,1H3,(H2,7,9,10). The Morgan fingerprint density at radius 3 is 3.09 bits per heavy atom. The Hall–Kier alpha value is -1.65. The molecule has 0 aromatic carbocycles. The van der Waals surface area contributed by atoms with Crippen LogP contribution in [0.25, 0.3) is 11.4 Å². The highest BCUT2D eigenvalue weighted by atomic mass is 16.4. The minimum absolute atomic E-state index is 0.102. The van der Waals surface area contributed by atoms with Crippen molar-refractivity contribution >= 4 is 17.4 Å². The third-order valence-corrected chi connectivity index (χ3v) is 1.26. The number of anilines is 1. The van der Waals surface area contributed by atoms with Crippen LogP contribution in [0.3, 0.4) is 0 Å². The summed E-state index contributed by atoms with van der Waals surface area (Å²) in [6.45, 7) is 1.83. The second kappa shape index (κ2) is 1.91. The molecule has 2 aromatic heterocycles. The van der Waals surface area contributed by atoms with Crippen molar-refractivity contribution in [3.05, 3.63) is 11.9 Å². The molecule has 0 radical (unpaired) electrons. The van der Waals surface area contributed by atoms with Gasteiger partial charge in [-0.2, -0.15) is 4.98 Å². The minimum Gasteiger partial charge on any atom is -0.403 e. The average molecular weight is 150 g/mol. The van der Waals surface area contributed by atoms with Gasteiger partial charge in [-0.25, -0.2) is 9.97 Å². The first-order chi connectivity index (χ1) is 5.25. The van der Waals surface area contributed by atoms with Gasteiger partial charge in [-0.05, 0) is 6.92 Å². The molecule has 0 fully saturated rings. The molecular formula is C6H6N4O. The minimum atomic E-state index is 0.102. The number of oxazole rings is 1. The van der Waals surface area contributed by atoms with Gasteiger partial charge in [0.15, 0.2) is 0 Å². The van der Waals surface area contributed by atoms with E-state index in [0.29, 0.717) is 11.4 Å². The third kappa shape index (κ3) is 0.899. The molecule has 0 bridgehead atoms. The SMILES string of the molecule is Cc1cnc2oc(N)nc2n1. The van der Waals surface area contributed by atoms with Crippen LogP contribution in [0.5, 0.6) is 0 Å². The molecule has 56 valence electrons. The number of aromatic nitrogens is 3. The molecule has 0 aliphatic carbocycles. The van der Waals surface area contributed by atoms with E-state index < -0.39 is 0 Å². The molecule has 0 saturated heterocycles. The van der Waals surface area contributed by atoms with E-state index in [2.05, 4.69) is 15.0 Å². The number of aryl methyl sites for hydroxylation is 1. The molecule has 2 N–H and O–H groups in total. The lowest BCUT2D eigenvalue weighted by molar-refractivity contribution is 0.613. The number of nitrogens with zero attached hydrogens (tertiary/aromatic N) is 3. The van der Waals surface area contributed by atoms with Crippen LogP contribution in [0.2, 0.25) is 0 Å². The Bertz CT molecular complexity index is 394. The number of nitrogens with two attached hydrogens (primary N) is 1. The highest BCUT2D eigenvalue weighted by Gasteiger charge is 2.03. The monoisotopic (exact) mass is 150 g/mol. The molecule has 5 nitrogen and oxygen atoms in total. The predicted molar refractivity (Wildman–Crippen MR) is 38.7 cm³/mol. The van der Waals surface area contributed by atoms with E-state index in [1.54, 1.807) is 6.20 Å². The van der Waals surface area contributed by atoms with Crippen LogP contribution in [-0.4, -0.2) is 15.0 Å². The maximum atomic E-state index is 5.28. The zero-order chi connectivity index (χ0) is 7.84. The molecule has 0 aliphatic rings. The van der Waals surface area contributed by atoms with Crippen LogP contribution < -0.4 is 5.73 Å². The second-order valence-corrected chi connectivity index (χ2v) is 2.19. The van der Waals surface area contributed by atoms with Crippen molar-refractivity contribution in [3.8, 4) is 0 Å². The van der Waals surface area contributed by atoms with Gasteiger partial charge >= 0.3 is 0 Å². The van der Waals surface area contributed by atoms with Crippen molar-refractivity contribution in [2.75, 3.05) is 5.73 Å². The van der Waals surface area contributed by atoms with Crippen LogP contribution in [0.15, 0.2) is 10.6 Å². The van der Waals surface area contributed by atoms with E-state index in [1.807, 2.05) is 6.92 Å². The van der Waals surface area contributed by atoms with Gasteiger partial charge in [-0.1, -0.05) is 0 Å². The van der Waals surface area contributed by atoms with Crippen LogP contribution >= 0.6 is 0 Å². The van der Waals surface area contributed by atoms with E-state index in [-0.39, 0.29) is 6.01 Å². The molecule has 0 amide bonds. The van der Waals surface area contributed by atoms with E-state index >= 15 is 0 Å². The highest BCUT2D eigenvalue weighted by molar-refractivity contribution is 5.64. The number of hydrogen-bond donors (Lipinski definition) is 1. The Morgan fingerprint density at radius 2 is 2.27 bits per heavy atom. The Kier molecular flexibility index (Phi) is 1.06. The summed E-state index contributed by atoms with van der Waals surface area (Å²) in [4.78, 5) is 11.8. The maximum Gasteiger partial charge on any atom is 0.295 e. The van der Waals surface area contributed by atoms with E-state index in [9.17, 15) is 0 Å². The molecule has 0 saturated carbocycles. The van der Waals surface area contributed by atoms with Crippen LogP contribution in [0.4, 0.5) is 6.01 Å². The first-order valence-corrected chi connectivity index (χ1v) is 3.11. The highest BCUT2D eigenvalue weighted by Crippen LogP contribution is 2.11. The van der Waals surface area contributed by atoms with Crippen LogP contribution in [0, 0.1) is 6.92 Å². The van der Waals surface area contributed by atoms with Gasteiger partial charge in [0.2, 0.25) is 5.65 Å². The zero-order valence-electron chi connectivity index (χ0n) is 5.90. The van der Waals surface area contributed by atoms with Gasteiger partial charge in [0.05, 0.1) is 11.9 Å². The lowest BCUT2D eigenvalue weighted by atomic mass is 10.5. The van der Waals surface area contributed by atoms with Crippen molar-refractivity contribution in [3.63, 3.8) is 0 Å². The zero-order valence-corrected chi connectivity index (χ0v) is 5.90. The average Bonchev–Trinajstić information content (AvgIpc) is 2.27. The molecule has 2 rings (SSSR count). The molecule has 5 heteroatoms. The third-order valence-electron chi connectivity index (χ3n) is 1.26. The molecule has 0 unspecified atom stereocenters. The molecule has 0 spiro atoms. The Labute approximate surface area is 62.3 Å². The summed E-state index contributed by atoms with van der Waals surface area (Å²) in [6.07, 6.45) is 1.60. The van der Waals surface area contributed by atoms with Gasteiger partial charge < -0.3 is 10.2 Å². The van der Waals surface area contributed by atoms with E-state index in [0.717, 1.165) is 5.69 Å². The predicted octanol–water partition coefficient (Wildman–Crippen LogP) is 0.508. The number of hydrogen-bond acceptors (Lipinski definition) is 5. The van der Waals surface area contributed by atoms with Gasteiger partial charge in [0.25, 0.3) is 11.7 Å². The topological polar surface area (TPSA) is 77.8 Å². The first kappa shape index (κ1) is 6.09. The van der Waals surface area contributed by atoms with Crippen LogP contribution in [-0.2, 0) is 0 Å². The fourth-order valence-corrected chi connectivity index (χ4v) is 0.825. The van der Waals surface area contributed by atoms with Crippen LogP contribution in [0.1, 0.15) is 5.69 Å². The second-order valence-electron chi connectivity index (χ2n) is 2.19. The van der Waals surface area contributed by atoms with Gasteiger partial charge in [0.1, 0.15) is 0 Å². The number of nitrogen functional groups attached to an aromatic ring is 1. The molecule has 11 heavy (non-hydrogen) atoms. The van der Waals surface area contributed by atoms with Crippen molar-refractivity contribution in [1.29, 1.82) is 0 Å². The summed E-state index contributed by atoms with van der Waals surface area (Å²) in [7, 11) is 0.